The summed E-state index contributed by atoms with van der Waals surface area (Å²) < 4.78 is 0. The Bertz CT molecular complexity index is 377. The number of benzene rings is 1. The van der Waals surface area contributed by atoms with Crippen LogP contribution in [0.25, 0.3) is 0 Å². The third-order valence-electron chi connectivity index (χ3n) is 2.72. The van der Waals surface area contributed by atoms with Crippen LogP contribution in [-0.2, 0) is 4.79 Å². The first-order valence-electron chi connectivity index (χ1n) is 6.40. The highest BCUT2D eigenvalue weighted by molar-refractivity contribution is 6.33. The first-order chi connectivity index (χ1) is 8.65. The van der Waals surface area contributed by atoms with Crippen LogP contribution in [0, 0.1) is 6.92 Å². The van der Waals surface area contributed by atoms with Crippen LogP contribution in [0.4, 0.5) is 5.69 Å². The molecule has 0 aliphatic carbocycles. The standard InChI is InChI=1S/C14H21ClN2O.ClH/c1-3-4-9-16-10-8-13(18)17-14-11(2)6-5-7-12(14)15;/h5-7,16H,3-4,8-10H2,1-2H3,(H,17,18);1H. The first kappa shape index (κ1) is 18.2. The molecule has 0 fully saturated rings. The van der Waals surface area contributed by atoms with E-state index in [9.17, 15) is 4.79 Å². The third kappa shape index (κ3) is 6.81. The van der Waals surface area contributed by atoms with E-state index in [2.05, 4.69) is 17.6 Å². The second-order valence-corrected chi connectivity index (χ2v) is 4.74. The minimum Gasteiger partial charge on any atom is -0.325 e. The monoisotopic (exact) mass is 304 g/mol. The highest BCUT2D eigenvalue weighted by atomic mass is 35.5. The van der Waals surface area contributed by atoms with Crippen LogP contribution in [0.3, 0.4) is 0 Å². The molecular weight excluding hydrogens is 283 g/mol. The van der Waals surface area contributed by atoms with Gasteiger partial charge in [-0.1, -0.05) is 37.1 Å². The van der Waals surface area contributed by atoms with E-state index in [-0.39, 0.29) is 18.3 Å². The van der Waals surface area contributed by atoms with E-state index >= 15 is 0 Å². The molecule has 0 aromatic heterocycles. The molecule has 0 unspecified atom stereocenters. The molecule has 0 aliphatic heterocycles. The van der Waals surface area contributed by atoms with E-state index in [1.54, 1.807) is 6.07 Å². The van der Waals surface area contributed by atoms with E-state index < -0.39 is 0 Å². The van der Waals surface area contributed by atoms with Crippen LogP contribution >= 0.6 is 24.0 Å². The summed E-state index contributed by atoms with van der Waals surface area (Å²) >= 11 is 6.05. The number of carbonyl (C=O) groups is 1. The number of unbranched alkanes of at least 4 members (excludes halogenated alkanes) is 1. The van der Waals surface area contributed by atoms with Crippen molar-refractivity contribution in [2.75, 3.05) is 18.4 Å². The summed E-state index contributed by atoms with van der Waals surface area (Å²) in [7, 11) is 0. The van der Waals surface area contributed by atoms with E-state index in [4.69, 9.17) is 11.6 Å². The van der Waals surface area contributed by atoms with Crippen molar-refractivity contribution in [2.24, 2.45) is 0 Å². The summed E-state index contributed by atoms with van der Waals surface area (Å²) in [5, 5.41) is 6.68. The highest BCUT2D eigenvalue weighted by Gasteiger charge is 2.07. The molecule has 5 heteroatoms. The number of carbonyl (C=O) groups excluding carboxylic acids is 1. The Morgan fingerprint density at radius 3 is 2.68 bits per heavy atom. The van der Waals surface area contributed by atoms with Crippen molar-refractivity contribution < 1.29 is 4.79 Å². The predicted octanol–water partition coefficient (Wildman–Crippen LogP) is 3.79. The molecule has 0 heterocycles. The van der Waals surface area contributed by atoms with Gasteiger partial charge in [-0.15, -0.1) is 12.4 Å². The number of anilines is 1. The van der Waals surface area contributed by atoms with Gasteiger partial charge in [-0.25, -0.2) is 0 Å². The van der Waals surface area contributed by atoms with E-state index in [1.165, 1.54) is 0 Å². The van der Waals surface area contributed by atoms with Gasteiger partial charge in [0.2, 0.25) is 5.91 Å². The van der Waals surface area contributed by atoms with Crippen LogP contribution < -0.4 is 10.6 Å². The lowest BCUT2D eigenvalue weighted by Crippen LogP contribution is -2.22. The van der Waals surface area contributed by atoms with Crippen LogP contribution in [0.15, 0.2) is 18.2 Å². The van der Waals surface area contributed by atoms with Crippen molar-refractivity contribution >= 4 is 35.6 Å². The summed E-state index contributed by atoms with van der Waals surface area (Å²) in [6.45, 7) is 5.75. The maximum absolute atomic E-state index is 11.7. The van der Waals surface area contributed by atoms with Gasteiger partial charge in [0.05, 0.1) is 10.7 Å². The zero-order chi connectivity index (χ0) is 13.4. The fourth-order valence-electron chi connectivity index (χ4n) is 1.62. The molecule has 0 saturated heterocycles. The minimum atomic E-state index is -0.00445. The number of amides is 1. The van der Waals surface area contributed by atoms with Gasteiger partial charge < -0.3 is 10.6 Å². The molecular formula is C14H22Cl2N2O. The number of halogens is 2. The van der Waals surface area contributed by atoms with Crippen LogP contribution in [0.5, 0.6) is 0 Å². The molecule has 1 rings (SSSR count). The molecule has 0 atom stereocenters. The molecule has 0 bridgehead atoms. The van der Waals surface area contributed by atoms with Gasteiger partial charge in [-0.3, -0.25) is 4.79 Å². The van der Waals surface area contributed by atoms with Gasteiger partial charge in [0.15, 0.2) is 0 Å². The average molecular weight is 305 g/mol. The Kier molecular flexibility index (Phi) is 9.66. The van der Waals surface area contributed by atoms with E-state index in [0.717, 1.165) is 30.6 Å². The summed E-state index contributed by atoms with van der Waals surface area (Å²) in [6.07, 6.45) is 2.78. The molecule has 108 valence electrons. The zero-order valence-electron chi connectivity index (χ0n) is 11.5. The van der Waals surface area contributed by atoms with Crippen LogP contribution in [-0.4, -0.2) is 19.0 Å². The van der Waals surface area contributed by atoms with Crippen molar-refractivity contribution in [3.63, 3.8) is 0 Å². The minimum absolute atomic E-state index is 0. The Hall–Kier alpha value is -0.770. The maximum atomic E-state index is 11.7. The largest absolute Gasteiger partial charge is 0.325 e. The number of nitrogens with one attached hydrogen (secondary N) is 2. The van der Waals surface area contributed by atoms with Gasteiger partial charge >= 0.3 is 0 Å². The number of aryl methyl sites for hydroxylation is 1. The lowest BCUT2D eigenvalue weighted by molar-refractivity contribution is -0.116. The Morgan fingerprint density at radius 2 is 2.05 bits per heavy atom. The van der Waals surface area contributed by atoms with Gasteiger partial charge in [0, 0.05) is 13.0 Å². The normalized spacial score (nSPS) is 9.84. The fraction of sp³-hybridized carbons (Fsp3) is 0.500. The molecule has 1 aromatic carbocycles. The van der Waals surface area contributed by atoms with Gasteiger partial charge in [-0.2, -0.15) is 0 Å². The van der Waals surface area contributed by atoms with Crippen molar-refractivity contribution in [1.82, 2.24) is 5.32 Å². The molecule has 19 heavy (non-hydrogen) atoms. The first-order valence-corrected chi connectivity index (χ1v) is 6.78. The lowest BCUT2D eigenvalue weighted by Gasteiger charge is -2.10. The topological polar surface area (TPSA) is 41.1 Å². The number of hydrogen-bond donors (Lipinski definition) is 2. The molecule has 0 radical (unpaired) electrons. The van der Waals surface area contributed by atoms with Crippen LogP contribution in [0.2, 0.25) is 5.02 Å². The smallest absolute Gasteiger partial charge is 0.225 e. The van der Waals surface area contributed by atoms with Crippen molar-refractivity contribution in [3.05, 3.63) is 28.8 Å². The van der Waals surface area contributed by atoms with Gasteiger partial charge in [0.1, 0.15) is 0 Å². The quantitative estimate of drug-likeness (QED) is 0.753. The average Bonchev–Trinajstić information content (AvgIpc) is 2.34. The second-order valence-electron chi connectivity index (χ2n) is 4.33. The molecule has 0 saturated carbocycles. The Labute approximate surface area is 126 Å². The summed E-state index contributed by atoms with van der Waals surface area (Å²) in [4.78, 5) is 11.7. The highest BCUT2D eigenvalue weighted by Crippen LogP contribution is 2.25. The SMILES string of the molecule is CCCCNCCC(=O)Nc1c(C)cccc1Cl.Cl. The third-order valence-corrected chi connectivity index (χ3v) is 3.04. The number of hydrogen-bond acceptors (Lipinski definition) is 2. The maximum Gasteiger partial charge on any atom is 0.225 e. The Morgan fingerprint density at radius 1 is 1.32 bits per heavy atom. The number of para-hydroxylation sites is 1. The van der Waals surface area contributed by atoms with E-state index in [0.29, 0.717) is 18.0 Å². The van der Waals surface area contributed by atoms with Gasteiger partial charge in [0.25, 0.3) is 0 Å². The van der Waals surface area contributed by atoms with Crippen LogP contribution in [0.1, 0.15) is 31.7 Å². The molecule has 0 spiro atoms. The fourth-order valence-corrected chi connectivity index (χ4v) is 1.89. The zero-order valence-corrected chi connectivity index (χ0v) is 13.0. The molecule has 2 N–H and O–H groups in total. The summed E-state index contributed by atoms with van der Waals surface area (Å²) in [5.41, 5.74) is 1.70. The van der Waals surface area contributed by atoms with Gasteiger partial charge in [-0.05, 0) is 31.5 Å². The summed E-state index contributed by atoms with van der Waals surface area (Å²) in [6, 6.07) is 5.59. The lowest BCUT2D eigenvalue weighted by atomic mass is 10.2. The molecule has 0 aliphatic rings. The molecule has 1 amide bonds. The molecule has 1 aromatic rings. The van der Waals surface area contributed by atoms with Crippen molar-refractivity contribution in [3.8, 4) is 0 Å². The second kappa shape index (κ2) is 10.1. The number of rotatable bonds is 7. The van der Waals surface area contributed by atoms with Crippen molar-refractivity contribution in [1.29, 1.82) is 0 Å². The predicted molar refractivity (Wildman–Crippen MR) is 84.5 cm³/mol. The van der Waals surface area contributed by atoms with Crippen molar-refractivity contribution in [2.45, 2.75) is 33.1 Å². The van der Waals surface area contributed by atoms with E-state index in [1.807, 2.05) is 19.1 Å². The molecule has 3 nitrogen and oxygen atoms in total. The summed E-state index contributed by atoms with van der Waals surface area (Å²) in [5.74, 6) is -0.00445. The Balaban J connectivity index is 0.00000324.